The third-order valence-electron chi connectivity index (χ3n) is 5.62. The summed E-state index contributed by atoms with van der Waals surface area (Å²) in [6, 6.07) is 10.4. The van der Waals surface area contributed by atoms with E-state index in [1.54, 1.807) is 0 Å². The van der Waals surface area contributed by atoms with Crippen LogP contribution in [0.4, 0.5) is 0 Å². The zero-order chi connectivity index (χ0) is 18.3. The van der Waals surface area contributed by atoms with Gasteiger partial charge in [-0.3, -0.25) is 14.5 Å². The Morgan fingerprint density at radius 1 is 1.16 bits per heavy atom. The highest BCUT2D eigenvalue weighted by molar-refractivity contribution is 5.80. The Balaban J connectivity index is 1.80. The van der Waals surface area contributed by atoms with Crippen molar-refractivity contribution in [1.82, 2.24) is 10.2 Å². The highest BCUT2D eigenvalue weighted by Crippen LogP contribution is 2.26. The number of likely N-dealkylation sites (tertiary alicyclic amines) is 1. The van der Waals surface area contributed by atoms with E-state index in [1.165, 1.54) is 5.56 Å². The normalized spacial score (nSPS) is 16.6. The summed E-state index contributed by atoms with van der Waals surface area (Å²) in [5.74, 6) is -0.824. The number of benzene rings is 1. The number of amides is 1. The summed E-state index contributed by atoms with van der Waals surface area (Å²) in [6.45, 7) is 6.68. The van der Waals surface area contributed by atoms with Gasteiger partial charge in [-0.15, -0.1) is 0 Å². The highest BCUT2D eigenvalue weighted by Gasteiger charge is 2.36. The SMILES string of the molecule is CCC(CC)(CNC(=O)C1CCN(Cc2ccccc2)CC1)C(=O)O. The molecule has 0 radical (unpaired) electrons. The molecule has 0 aliphatic carbocycles. The van der Waals surface area contributed by atoms with Gasteiger partial charge in [-0.25, -0.2) is 0 Å². The number of carbonyl (C=O) groups is 2. The fourth-order valence-corrected chi connectivity index (χ4v) is 3.47. The quantitative estimate of drug-likeness (QED) is 0.759. The maximum absolute atomic E-state index is 12.4. The summed E-state index contributed by atoms with van der Waals surface area (Å²) >= 11 is 0. The predicted molar refractivity (Wildman–Crippen MR) is 98.1 cm³/mol. The molecule has 2 N–H and O–H groups in total. The lowest BCUT2D eigenvalue weighted by atomic mass is 9.82. The number of carbonyl (C=O) groups excluding carboxylic acids is 1. The third kappa shape index (κ3) is 5.05. The number of aliphatic carboxylic acids is 1. The van der Waals surface area contributed by atoms with Crippen molar-refractivity contribution in [2.24, 2.45) is 11.3 Å². The molecule has 138 valence electrons. The Hall–Kier alpha value is -1.88. The lowest BCUT2D eigenvalue weighted by molar-refractivity contribution is -0.149. The average molecular weight is 346 g/mol. The number of nitrogens with one attached hydrogen (secondary N) is 1. The topological polar surface area (TPSA) is 69.6 Å². The average Bonchev–Trinajstić information content (AvgIpc) is 2.64. The third-order valence-corrected chi connectivity index (χ3v) is 5.62. The van der Waals surface area contributed by atoms with Gasteiger partial charge in [-0.1, -0.05) is 44.2 Å². The van der Waals surface area contributed by atoms with Gasteiger partial charge in [-0.2, -0.15) is 0 Å². The van der Waals surface area contributed by atoms with Crippen LogP contribution in [0.2, 0.25) is 0 Å². The summed E-state index contributed by atoms with van der Waals surface area (Å²) in [4.78, 5) is 26.3. The molecule has 0 aromatic heterocycles. The predicted octanol–water partition coefficient (Wildman–Crippen LogP) is 2.91. The molecule has 5 heteroatoms. The van der Waals surface area contributed by atoms with Crippen molar-refractivity contribution < 1.29 is 14.7 Å². The summed E-state index contributed by atoms with van der Waals surface area (Å²) in [7, 11) is 0. The Kier molecular flexibility index (Phi) is 7.00. The van der Waals surface area contributed by atoms with E-state index < -0.39 is 11.4 Å². The van der Waals surface area contributed by atoms with E-state index in [1.807, 2.05) is 32.0 Å². The van der Waals surface area contributed by atoms with Crippen molar-refractivity contribution >= 4 is 11.9 Å². The summed E-state index contributed by atoms with van der Waals surface area (Å²) in [5.41, 5.74) is 0.450. The van der Waals surface area contributed by atoms with Gasteiger partial charge in [0.15, 0.2) is 0 Å². The van der Waals surface area contributed by atoms with Gasteiger partial charge in [0.25, 0.3) is 0 Å². The molecule has 0 atom stereocenters. The lowest BCUT2D eigenvalue weighted by Gasteiger charge is -2.32. The second-order valence-electron chi connectivity index (χ2n) is 7.05. The molecule has 5 nitrogen and oxygen atoms in total. The van der Waals surface area contributed by atoms with Crippen molar-refractivity contribution in [1.29, 1.82) is 0 Å². The zero-order valence-electron chi connectivity index (χ0n) is 15.3. The van der Waals surface area contributed by atoms with E-state index >= 15 is 0 Å². The molecule has 0 bridgehead atoms. The van der Waals surface area contributed by atoms with Gasteiger partial charge in [0.05, 0.1) is 5.41 Å². The first kappa shape index (κ1) is 19.4. The minimum Gasteiger partial charge on any atom is -0.481 e. The Bertz CT molecular complexity index is 562. The van der Waals surface area contributed by atoms with Crippen LogP contribution in [0.15, 0.2) is 30.3 Å². The van der Waals surface area contributed by atoms with E-state index in [9.17, 15) is 14.7 Å². The molecule has 1 heterocycles. The molecule has 0 spiro atoms. The lowest BCUT2D eigenvalue weighted by Crippen LogP contribution is -2.46. The fourth-order valence-electron chi connectivity index (χ4n) is 3.47. The van der Waals surface area contributed by atoms with Gasteiger partial charge < -0.3 is 10.4 Å². The van der Waals surface area contributed by atoms with Crippen LogP contribution in [0.25, 0.3) is 0 Å². The number of carboxylic acids is 1. The van der Waals surface area contributed by atoms with Gasteiger partial charge in [0.1, 0.15) is 0 Å². The molecular formula is C20H30N2O3. The van der Waals surface area contributed by atoms with Crippen LogP contribution in [0.3, 0.4) is 0 Å². The summed E-state index contributed by atoms with van der Waals surface area (Å²) in [6.07, 6.45) is 2.71. The monoisotopic (exact) mass is 346 g/mol. The first-order valence-corrected chi connectivity index (χ1v) is 9.28. The largest absolute Gasteiger partial charge is 0.481 e. The van der Waals surface area contributed by atoms with Gasteiger partial charge >= 0.3 is 5.97 Å². The first-order chi connectivity index (χ1) is 12.0. The molecule has 1 fully saturated rings. The van der Waals surface area contributed by atoms with Gasteiger partial charge in [-0.05, 0) is 44.3 Å². The molecule has 0 unspecified atom stereocenters. The second kappa shape index (κ2) is 8.99. The van der Waals surface area contributed by atoms with Gasteiger partial charge in [0.2, 0.25) is 5.91 Å². The molecule has 2 rings (SSSR count). The van der Waals surface area contributed by atoms with Crippen molar-refractivity contribution in [3.8, 4) is 0 Å². The maximum Gasteiger partial charge on any atom is 0.311 e. The number of hydrogen-bond donors (Lipinski definition) is 2. The van der Waals surface area contributed by atoms with E-state index in [0.717, 1.165) is 32.5 Å². The number of rotatable bonds is 8. The minimum atomic E-state index is -0.844. The zero-order valence-corrected chi connectivity index (χ0v) is 15.3. The van der Waals surface area contributed by atoms with Crippen LogP contribution >= 0.6 is 0 Å². The van der Waals surface area contributed by atoms with Crippen molar-refractivity contribution in [2.45, 2.75) is 46.1 Å². The van der Waals surface area contributed by atoms with Crippen LogP contribution in [0, 0.1) is 11.3 Å². The Labute approximate surface area is 150 Å². The van der Waals surface area contributed by atoms with Crippen molar-refractivity contribution in [3.05, 3.63) is 35.9 Å². The Morgan fingerprint density at radius 3 is 2.28 bits per heavy atom. The van der Waals surface area contributed by atoms with E-state index in [4.69, 9.17) is 0 Å². The van der Waals surface area contributed by atoms with E-state index in [2.05, 4.69) is 22.3 Å². The van der Waals surface area contributed by atoms with Crippen molar-refractivity contribution in [3.63, 3.8) is 0 Å². The molecule has 0 saturated carbocycles. The van der Waals surface area contributed by atoms with Crippen LogP contribution < -0.4 is 5.32 Å². The number of nitrogens with zero attached hydrogens (tertiary/aromatic N) is 1. The molecule has 1 aliphatic heterocycles. The molecular weight excluding hydrogens is 316 g/mol. The van der Waals surface area contributed by atoms with Crippen LogP contribution in [0.1, 0.15) is 45.1 Å². The summed E-state index contributed by atoms with van der Waals surface area (Å²) < 4.78 is 0. The van der Waals surface area contributed by atoms with Crippen molar-refractivity contribution in [2.75, 3.05) is 19.6 Å². The summed E-state index contributed by atoms with van der Waals surface area (Å²) in [5, 5.41) is 12.4. The van der Waals surface area contributed by atoms with Crippen LogP contribution in [-0.4, -0.2) is 41.5 Å². The van der Waals surface area contributed by atoms with Gasteiger partial charge in [0, 0.05) is 19.0 Å². The molecule has 1 amide bonds. The fraction of sp³-hybridized carbons (Fsp3) is 0.600. The van der Waals surface area contributed by atoms with E-state index in [0.29, 0.717) is 12.8 Å². The van der Waals surface area contributed by atoms with E-state index in [-0.39, 0.29) is 18.4 Å². The molecule has 1 saturated heterocycles. The minimum absolute atomic E-state index is 0.00638. The number of piperidine rings is 1. The standard InChI is InChI=1S/C20H30N2O3/c1-3-20(4-2,19(24)25)15-21-18(23)17-10-12-22(13-11-17)14-16-8-6-5-7-9-16/h5-9,17H,3-4,10-15H2,1-2H3,(H,21,23)(H,24,25). The maximum atomic E-state index is 12.4. The Morgan fingerprint density at radius 2 is 1.76 bits per heavy atom. The molecule has 1 aromatic rings. The first-order valence-electron chi connectivity index (χ1n) is 9.28. The molecule has 1 aliphatic rings. The molecule has 1 aromatic carbocycles. The molecule has 25 heavy (non-hydrogen) atoms. The van der Waals surface area contributed by atoms with Crippen LogP contribution in [-0.2, 0) is 16.1 Å². The highest BCUT2D eigenvalue weighted by atomic mass is 16.4. The second-order valence-corrected chi connectivity index (χ2v) is 7.05. The smallest absolute Gasteiger partial charge is 0.311 e. The van der Waals surface area contributed by atoms with Crippen LogP contribution in [0.5, 0.6) is 0 Å². The number of hydrogen-bond acceptors (Lipinski definition) is 3. The number of carboxylic acid groups (broad SMARTS) is 1.